The smallest absolute Gasteiger partial charge is 0.118 e. The summed E-state index contributed by atoms with van der Waals surface area (Å²) in [7, 11) is 1.69. The number of methoxy groups -OCH3 is 1. The van der Waals surface area contributed by atoms with Crippen molar-refractivity contribution in [2.75, 3.05) is 33.5 Å². The van der Waals surface area contributed by atoms with Gasteiger partial charge in [0, 0.05) is 6.61 Å². The lowest BCUT2D eigenvalue weighted by molar-refractivity contribution is 0.00997. The summed E-state index contributed by atoms with van der Waals surface area (Å²) in [6.07, 6.45) is 3.67. The van der Waals surface area contributed by atoms with Gasteiger partial charge in [0.25, 0.3) is 0 Å². The summed E-state index contributed by atoms with van der Waals surface area (Å²) in [5.41, 5.74) is 1.23. The van der Waals surface area contributed by atoms with Gasteiger partial charge >= 0.3 is 0 Å². The predicted molar refractivity (Wildman–Crippen MR) is 83.8 cm³/mol. The van der Waals surface area contributed by atoms with Gasteiger partial charge in [-0.15, -0.1) is 0 Å². The molecule has 0 radical (unpaired) electrons. The summed E-state index contributed by atoms with van der Waals surface area (Å²) >= 11 is 0. The van der Waals surface area contributed by atoms with Crippen LogP contribution in [-0.4, -0.2) is 39.6 Å². The second kappa shape index (κ2) is 9.03. The van der Waals surface area contributed by atoms with Crippen LogP contribution in [0.15, 0.2) is 24.3 Å². The lowest BCUT2D eigenvalue weighted by atomic mass is 10.1. The summed E-state index contributed by atoms with van der Waals surface area (Å²) in [4.78, 5) is 0. The van der Waals surface area contributed by atoms with Gasteiger partial charge in [0.05, 0.1) is 32.5 Å². The first-order valence-corrected chi connectivity index (χ1v) is 7.90. The van der Waals surface area contributed by atoms with Crippen molar-refractivity contribution in [3.05, 3.63) is 29.8 Å². The van der Waals surface area contributed by atoms with Crippen LogP contribution in [0.25, 0.3) is 0 Å². The molecule has 1 heterocycles. The van der Waals surface area contributed by atoms with Crippen molar-refractivity contribution in [2.45, 2.75) is 38.3 Å². The van der Waals surface area contributed by atoms with E-state index in [0.29, 0.717) is 13.2 Å². The molecule has 1 fully saturated rings. The molecule has 1 aliphatic heterocycles. The molecule has 0 aliphatic carbocycles. The van der Waals surface area contributed by atoms with Crippen LogP contribution in [0.1, 0.15) is 37.8 Å². The normalized spacial score (nSPS) is 19.6. The van der Waals surface area contributed by atoms with Crippen molar-refractivity contribution >= 4 is 0 Å². The lowest BCUT2D eigenvalue weighted by Gasteiger charge is -2.20. The van der Waals surface area contributed by atoms with Gasteiger partial charge in [0.15, 0.2) is 0 Å². The molecule has 4 heteroatoms. The Kier molecular flexibility index (Phi) is 7.00. The Labute approximate surface area is 127 Å². The van der Waals surface area contributed by atoms with E-state index in [1.54, 1.807) is 7.11 Å². The molecule has 4 nitrogen and oxygen atoms in total. The second-order valence-corrected chi connectivity index (χ2v) is 5.45. The highest BCUT2D eigenvalue weighted by molar-refractivity contribution is 5.29. The van der Waals surface area contributed by atoms with Gasteiger partial charge in [0.2, 0.25) is 0 Å². The molecule has 1 aromatic carbocycles. The molecule has 0 saturated carbocycles. The Hall–Kier alpha value is -1.10. The van der Waals surface area contributed by atoms with Crippen molar-refractivity contribution in [2.24, 2.45) is 0 Å². The van der Waals surface area contributed by atoms with Gasteiger partial charge in [-0.05, 0) is 43.5 Å². The zero-order chi connectivity index (χ0) is 14.9. The molecule has 0 aromatic heterocycles. The van der Waals surface area contributed by atoms with E-state index in [1.807, 2.05) is 12.1 Å². The first-order chi connectivity index (χ1) is 10.3. The van der Waals surface area contributed by atoms with Crippen LogP contribution in [0.5, 0.6) is 5.75 Å². The molecule has 2 atom stereocenters. The molecule has 0 amide bonds. The fourth-order valence-electron chi connectivity index (χ4n) is 2.52. The fourth-order valence-corrected chi connectivity index (χ4v) is 2.52. The van der Waals surface area contributed by atoms with Gasteiger partial charge < -0.3 is 19.5 Å². The second-order valence-electron chi connectivity index (χ2n) is 5.45. The number of benzene rings is 1. The molecule has 2 rings (SSSR count). The molecule has 118 valence electrons. The van der Waals surface area contributed by atoms with Gasteiger partial charge in [-0.2, -0.15) is 0 Å². The number of nitrogens with one attached hydrogen (secondary N) is 1. The van der Waals surface area contributed by atoms with E-state index >= 15 is 0 Å². The van der Waals surface area contributed by atoms with E-state index in [1.165, 1.54) is 5.56 Å². The first kappa shape index (κ1) is 16.3. The maximum atomic E-state index is 5.87. The number of hydrogen-bond donors (Lipinski definition) is 1. The van der Waals surface area contributed by atoms with E-state index in [0.717, 1.165) is 38.2 Å². The quantitative estimate of drug-likeness (QED) is 0.760. The van der Waals surface area contributed by atoms with Crippen LogP contribution in [0, 0.1) is 0 Å². The maximum Gasteiger partial charge on any atom is 0.118 e. The molecule has 2 unspecified atom stereocenters. The largest absolute Gasteiger partial charge is 0.497 e. The molecule has 1 saturated heterocycles. The monoisotopic (exact) mass is 293 g/mol. The zero-order valence-corrected chi connectivity index (χ0v) is 13.1. The van der Waals surface area contributed by atoms with Crippen molar-refractivity contribution in [3.63, 3.8) is 0 Å². The van der Waals surface area contributed by atoms with Crippen molar-refractivity contribution in [3.8, 4) is 5.75 Å². The third kappa shape index (κ3) is 5.30. The van der Waals surface area contributed by atoms with Crippen LogP contribution < -0.4 is 10.1 Å². The topological polar surface area (TPSA) is 39.7 Å². The van der Waals surface area contributed by atoms with Crippen molar-refractivity contribution in [1.29, 1.82) is 0 Å². The van der Waals surface area contributed by atoms with Crippen LogP contribution in [0.4, 0.5) is 0 Å². The minimum absolute atomic E-state index is 0.220. The number of hydrogen-bond acceptors (Lipinski definition) is 4. The Morgan fingerprint density at radius 1 is 1.33 bits per heavy atom. The summed E-state index contributed by atoms with van der Waals surface area (Å²) < 4.78 is 16.7. The van der Waals surface area contributed by atoms with Gasteiger partial charge in [-0.25, -0.2) is 0 Å². The van der Waals surface area contributed by atoms with Gasteiger partial charge in [0.1, 0.15) is 5.75 Å². The number of ether oxygens (including phenoxy) is 3. The van der Waals surface area contributed by atoms with Gasteiger partial charge in [-0.3, -0.25) is 0 Å². The minimum atomic E-state index is 0.220. The molecule has 1 aromatic rings. The molecule has 1 aliphatic rings. The van der Waals surface area contributed by atoms with Crippen LogP contribution in [0.3, 0.4) is 0 Å². The van der Waals surface area contributed by atoms with E-state index in [4.69, 9.17) is 14.2 Å². The Morgan fingerprint density at radius 3 is 2.76 bits per heavy atom. The Balaban J connectivity index is 1.85. The number of rotatable bonds is 9. The average molecular weight is 293 g/mol. The van der Waals surface area contributed by atoms with Crippen LogP contribution >= 0.6 is 0 Å². The third-order valence-electron chi connectivity index (χ3n) is 3.77. The van der Waals surface area contributed by atoms with Crippen LogP contribution in [0.2, 0.25) is 0 Å². The summed E-state index contributed by atoms with van der Waals surface area (Å²) in [5.74, 6) is 0.883. The predicted octanol–water partition coefficient (Wildman–Crippen LogP) is 2.93. The molecular formula is C17H27NO3. The molecule has 1 N–H and O–H groups in total. The molecule has 0 bridgehead atoms. The fraction of sp³-hybridized carbons (Fsp3) is 0.647. The highest BCUT2D eigenvalue weighted by atomic mass is 16.5. The first-order valence-electron chi connectivity index (χ1n) is 7.90. The Bertz CT molecular complexity index is 388. The maximum absolute atomic E-state index is 5.87. The zero-order valence-electron chi connectivity index (χ0n) is 13.1. The SMILES string of the molecule is CCCNC(COCC1CCCO1)c1ccc(OC)cc1. The summed E-state index contributed by atoms with van der Waals surface area (Å²) in [6.45, 7) is 5.40. The third-order valence-corrected chi connectivity index (χ3v) is 3.77. The van der Waals surface area contributed by atoms with E-state index < -0.39 is 0 Å². The van der Waals surface area contributed by atoms with E-state index in [-0.39, 0.29) is 12.1 Å². The molecule has 0 spiro atoms. The lowest BCUT2D eigenvalue weighted by Crippen LogP contribution is -2.28. The summed E-state index contributed by atoms with van der Waals surface area (Å²) in [5, 5.41) is 3.54. The van der Waals surface area contributed by atoms with Crippen molar-refractivity contribution < 1.29 is 14.2 Å². The van der Waals surface area contributed by atoms with Gasteiger partial charge in [-0.1, -0.05) is 19.1 Å². The van der Waals surface area contributed by atoms with E-state index in [2.05, 4.69) is 24.4 Å². The highest BCUT2D eigenvalue weighted by Gasteiger charge is 2.17. The molecule has 21 heavy (non-hydrogen) atoms. The molecular weight excluding hydrogens is 266 g/mol. The summed E-state index contributed by atoms with van der Waals surface area (Å²) in [6, 6.07) is 8.41. The average Bonchev–Trinajstić information content (AvgIpc) is 3.04. The van der Waals surface area contributed by atoms with Crippen molar-refractivity contribution in [1.82, 2.24) is 5.32 Å². The van der Waals surface area contributed by atoms with E-state index in [9.17, 15) is 0 Å². The minimum Gasteiger partial charge on any atom is -0.497 e. The Morgan fingerprint density at radius 2 is 2.14 bits per heavy atom. The standard InChI is InChI=1S/C17H27NO3/c1-3-10-18-17(13-20-12-16-5-4-11-21-16)14-6-8-15(19-2)9-7-14/h6-9,16-18H,3-5,10-13H2,1-2H3. The van der Waals surface area contributed by atoms with Crippen LogP contribution in [-0.2, 0) is 9.47 Å². The highest BCUT2D eigenvalue weighted by Crippen LogP contribution is 2.19.